The largest absolute Gasteiger partial charge is 0.468 e. The molecule has 1 aliphatic rings. The molecule has 0 aromatic rings. The zero-order valence-corrected chi connectivity index (χ0v) is 11.5. The maximum Gasteiger partial charge on any atom is 0.321 e. The van der Waals surface area contributed by atoms with Crippen LogP contribution in [0, 0.1) is 0 Å². The third-order valence-corrected chi connectivity index (χ3v) is 5.48. The Labute approximate surface area is 102 Å². The van der Waals surface area contributed by atoms with Crippen molar-refractivity contribution in [1.29, 1.82) is 0 Å². The Kier molecular flexibility index (Phi) is 3.35. The van der Waals surface area contributed by atoms with Crippen molar-refractivity contribution in [3.8, 4) is 0 Å². The number of nitrogens with zero attached hydrogens (tertiary/aromatic N) is 1. The SMILES string of the molecule is COC(=O)C(Br)CN1C(=O)C(C)(C)S1(=O)=O. The summed E-state index contributed by atoms with van der Waals surface area (Å²) < 4.78 is 27.0. The molecular formula is C8H12BrNO5S. The number of rotatable bonds is 3. The average Bonchev–Trinajstić information content (AvgIpc) is 2.22. The van der Waals surface area contributed by atoms with E-state index in [1.807, 2.05) is 0 Å². The number of halogens is 1. The molecule has 0 aromatic heterocycles. The summed E-state index contributed by atoms with van der Waals surface area (Å²) in [7, 11) is -2.45. The van der Waals surface area contributed by atoms with E-state index in [2.05, 4.69) is 20.7 Å². The highest BCUT2D eigenvalue weighted by atomic mass is 79.9. The van der Waals surface area contributed by atoms with Crippen LogP contribution in [0.2, 0.25) is 0 Å². The zero-order chi connectivity index (χ0) is 12.7. The molecule has 0 aliphatic carbocycles. The summed E-state index contributed by atoms with van der Waals surface area (Å²) in [5.74, 6) is -1.13. The normalized spacial score (nSPS) is 23.5. The highest BCUT2D eigenvalue weighted by molar-refractivity contribution is 9.10. The number of amides is 1. The van der Waals surface area contributed by atoms with Crippen molar-refractivity contribution in [1.82, 2.24) is 4.31 Å². The second-order valence-corrected chi connectivity index (χ2v) is 7.36. The van der Waals surface area contributed by atoms with E-state index >= 15 is 0 Å². The second kappa shape index (κ2) is 3.99. The van der Waals surface area contributed by atoms with Crippen LogP contribution in [-0.4, -0.2) is 47.8 Å². The zero-order valence-electron chi connectivity index (χ0n) is 9.06. The van der Waals surface area contributed by atoms with Crippen LogP contribution in [0.15, 0.2) is 0 Å². The monoisotopic (exact) mass is 313 g/mol. The first kappa shape index (κ1) is 13.4. The van der Waals surface area contributed by atoms with Crippen molar-refractivity contribution >= 4 is 37.8 Å². The highest BCUT2D eigenvalue weighted by Gasteiger charge is 2.60. The number of carbonyl (C=O) groups is 2. The van der Waals surface area contributed by atoms with Crippen molar-refractivity contribution in [2.45, 2.75) is 23.4 Å². The average molecular weight is 314 g/mol. The molecular weight excluding hydrogens is 302 g/mol. The molecule has 16 heavy (non-hydrogen) atoms. The minimum Gasteiger partial charge on any atom is -0.468 e. The maximum absolute atomic E-state index is 11.7. The number of sulfonamides is 1. The Morgan fingerprint density at radius 2 is 2.06 bits per heavy atom. The van der Waals surface area contributed by atoms with Crippen LogP contribution in [-0.2, 0) is 24.3 Å². The van der Waals surface area contributed by atoms with Crippen LogP contribution in [0.5, 0.6) is 0 Å². The standard InChI is InChI=1S/C8H12BrNO5S/c1-8(2)7(12)10(16(8,13)14)4-5(9)6(11)15-3/h5H,4H2,1-3H3. The molecule has 0 radical (unpaired) electrons. The third kappa shape index (κ3) is 1.73. The molecule has 1 amide bonds. The lowest BCUT2D eigenvalue weighted by Gasteiger charge is -2.43. The molecule has 1 saturated heterocycles. The van der Waals surface area contributed by atoms with Crippen LogP contribution < -0.4 is 0 Å². The van der Waals surface area contributed by atoms with Gasteiger partial charge in [0.05, 0.1) is 13.7 Å². The fourth-order valence-electron chi connectivity index (χ4n) is 1.29. The third-order valence-electron chi connectivity index (χ3n) is 2.46. The first-order valence-electron chi connectivity index (χ1n) is 4.45. The van der Waals surface area contributed by atoms with Gasteiger partial charge in [-0.05, 0) is 13.8 Å². The van der Waals surface area contributed by atoms with Gasteiger partial charge in [-0.1, -0.05) is 15.9 Å². The summed E-state index contributed by atoms with van der Waals surface area (Å²) in [6.07, 6.45) is 0. The molecule has 0 aromatic carbocycles. The summed E-state index contributed by atoms with van der Waals surface area (Å²) in [5.41, 5.74) is 0. The lowest BCUT2D eigenvalue weighted by atomic mass is 10.2. The van der Waals surface area contributed by atoms with Crippen molar-refractivity contribution in [2.75, 3.05) is 13.7 Å². The summed E-state index contributed by atoms with van der Waals surface area (Å²) in [6, 6.07) is 0. The van der Waals surface area contributed by atoms with E-state index in [9.17, 15) is 18.0 Å². The van der Waals surface area contributed by atoms with Gasteiger partial charge in [0.2, 0.25) is 0 Å². The Morgan fingerprint density at radius 1 is 1.56 bits per heavy atom. The van der Waals surface area contributed by atoms with E-state index in [4.69, 9.17) is 0 Å². The molecule has 1 atom stereocenters. The molecule has 6 nitrogen and oxygen atoms in total. The van der Waals surface area contributed by atoms with Crippen LogP contribution in [0.4, 0.5) is 0 Å². The van der Waals surface area contributed by atoms with Gasteiger partial charge in [0, 0.05) is 0 Å². The number of hydrogen-bond donors (Lipinski definition) is 0. The van der Waals surface area contributed by atoms with Gasteiger partial charge in [-0.3, -0.25) is 9.59 Å². The lowest BCUT2D eigenvalue weighted by molar-refractivity contribution is -0.140. The molecule has 92 valence electrons. The van der Waals surface area contributed by atoms with Gasteiger partial charge in [0.25, 0.3) is 15.9 Å². The number of methoxy groups -OCH3 is 1. The predicted molar refractivity (Wildman–Crippen MR) is 59.4 cm³/mol. The van der Waals surface area contributed by atoms with Gasteiger partial charge in [0.15, 0.2) is 4.75 Å². The fraction of sp³-hybridized carbons (Fsp3) is 0.750. The summed E-state index contributed by atoms with van der Waals surface area (Å²) >= 11 is 2.96. The van der Waals surface area contributed by atoms with Gasteiger partial charge in [-0.25, -0.2) is 12.7 Å². The molecule has 1 heterocycles. The first-order chi connectivity index (χ1) is 7.16. The van der Waals surface area contributed by atoms with Crippen LogP contribution in [0.1, 0.15) is 13.8 Å². The molecule has 0 saturated carbocycles. The van der Waals surface area contributed by atoms with E-state index in [0.29, 0.717) is 4.31 Å². The summed E-state index contributed by atoms with van der Waals surface area (Å²) in [5, 5.41) is 0. The minimum absolute atomic E-state index is 0.239. The molecule has 0 N–H and O–H groups in total. The van der Waals surface area contributed by atoms with Crippen LogP contribution >= 0.6 is 15.9 Å². The Bertz CT molecular complexity index is 430. The number of ether oxygens (including phenoxy) is 1. The lowest BCUT2D eigenvalue weighted by Crippen LogP contribution is -2.68. The van der Waals surface area contributed by atoms with E-state index in [1.165, 1.54) is 21.0 Å². The van der Waals surface area contributed by atoms with Crippen LogP contribution in [0.3, 0.4) is 0 Å². The topological polar surface area (TPSA) is 80.8 Å². The Morgan fingerprint density at radius 3 is 2.44 bits per heavy atom. The summed E-state index contributed by atoms with van der Waals surface area (Å²) in [4.78, 5) is 21.7. The quantitative estimate of drug-likeness (QED) is 0.536. The van der Waals surface area contributed by atoms with Crippen LogP contribution in [0.25, 0.3) is 0 Å². The van der Waals surface area contributed by atoms with Gasteiger partial charge in [-0.15, -0.1) is 0 Å². The first-order valence-corrected chi connectivity index (χ1v) is 6.80. The molecule has 0 spiro atoms. The van der Waals surface area contributed by atoms with E-state index in [-0.39, 0.29) is 6.54 Å². The van der Waals surface area contributed by atoms with Crippen molar-refractivity contribution in [3.63, 3.8) is 0 Å². The van der Waals surface area contributed by atoms with Gasteiger partial charge in [0.1, 0.15) is 4.83 Å². The molecule has 8 heteroatoms. The maximum atomic E-state index is 11.7. The fourth-order valence-corrected chi connectivity index (χ4v) is 3.49. The van der Waals surface area contributed by atoms with Crippen molar-refractivity contribution in [2.24, 2.45) is 0 Å². The smallest absolute Gasteiger partial charge is 0.321 e. The van der Waals surface area contributed by atoms with Crippen molar-refractivity contribution in [3.05, 3.63) is 0 Å². The highest BCUT2D eigenvalue weighted by Crippen LogP contribution is 2.35. The minimum atomic E-state index is -3.64. The second-order valence-electron chi connectivity index (χ2n) is 3.84. The molecule has 1 fully saturated rings. The molecule has 1 unspecified atom stereocenters. The Balaban J connectivity index is 2.80. The predicted octanol–water partition coefficient (Wildman–Crippen LogP) is -0.127. The van der Waals surface area contributed by atoms with E-state index in [1.54, 1.807) is 0 Å². The summed E-state index contributed by atoms with van der Waals surface area (Å²) in [6.45, 7) is 2.43. The number of carbonyl (C=O) groups excluding carboxylic acids is 2. The van der Waals surface area contributed by atoms with E-state index < -0.39 is 31.5 Å². The number of hydrogen-bond acceptors (Lipinski definition) is 5. The molecule has 1 rings (SSSR count). The molecule has 1 aliphatic heterocycles. The van der Waals surface area contributed by atoms with E-state index in [0.717, 1.165) is 0 Å². The van der Waals surface area contributed by atoms with Gasteiger partial charge < -0.3 is 4.74 Å². The van der Waals surface area contributed by atoms with Gasteiger partial charge in [-0.2, -0.15) is 0 Å². The molecule has 0 bridgehead atoms. The van der Waals surface area contributed by atoms with Crippen molar-refractivity contribution < 1.29 is 22.7 Å². The number of esters is 1. The van der Waals surface area contributed by atoms with Gasteiger partial charge >= 0.3 is 5.97 Å². The Hall–Kier alpha value is -0.630. The number of alkyl halides is 1.